The summed E-state index contributed by atoms with van der Waals surface area (Å²) in [4.78, 5) is 13.0. The number of thioether (sulfide) groups is 1. The molecular weight excluding hydrogens is 232 g/mol. The molecule has 0 spiro atoms. The van der Waals surface area contributed by atoms with E-state index in [4.69, 9.17) is 5.73 Å². The number of amides is 1. The highest BCUT2D eigenvalue weighted by Gasteiger charge is 2.13. The van der Waals surface area contributed by atoms with E-state index in [-0.39, 0.29) is 11.8 Å². The number of para-hydroxylation sites is 1. The molecule has 1 unspecified atom stereocenters. The van der Waals surface area contributed by atoms with E-state index >= 15 is 0 Å². The van der Waals surface area contributed by atoms with Gasteiger partial charge in [0.25, 0.3) is 0 Å². The lowest BCUT2D eigenvalue weighted by Crippen LogP contribution is -2.22. The van der Waals surface area contributed by atoms with Gasteiger partial charge in [-0.25, -0.2) is 0 Å². The second kappa shape index (κ2) is 7.35. The van der Waals surface area contributed by atoms with Crippen molar-refractivity contribution in [1.29, 1.82) is 0 Å². The van der Waals surface area contributed by atoms with Gasteiger partial charge >= 0.3 is 0 Å². The zero-order chi connectivity index (χ0) is 12.7. The predicted molar refractivity (Wildman–Crippen MR) is 74.3 cm³/mol. The van der Waals surface area contributed by atoms with Crippen molar-refractivity contribution in [2.75, 3.05) is 17.6 Å². The number of anilines is 1. The summed E-state index contributed by atoms with van der Waals surface area (Å²) in [5, 5.41) is 2.96. The van der Waals surface area contributed by atoms with E-state index in [0.29, 0.717) is 6.54 Å². The highest BCUT2D eigenvalue weighted by molar-refractivity contribution is 7.99. The Kier molecular flexibility index (Phi) is 6.08. The van der Waals surface area contributed by atoms with E-state index in [2.05, 4.69) is 12.2 Å². The summed E-state index contributed by atoms with van der Waals surface area (Å²) in [5.41, 5.74) is 6.35. The summed E-state index contributed by atoms with van der Waals surface area (Å²) in [7, 11) is 0. The fraction of sp³-hybridized carbons (Fsp3) is 0.462. The molecule has 17 heavy (non-hydrogen) atoms. The van der Waals surface area contributed by atoms with Crippen LogP contribution >= 0.6 is 11.8 Å². The number of hydrogen-bond donors (Lipinski definition) is 2. The number of benzene rings is 1. The van der Waals surface area contributed by atoms with Crippen LogP contribution in [0, 0.1) is 5.92 Å². The Bertz CT molecular complexity index is 368. The van der Waals surface area contributed by atoms with Crippen LogP contribution in [0.15, 0.2) is 29.2 Å². The Morgan fingerprint density at radius 2 is 2.18 bits per heavy atom. The van der Waals surface area contributed by atoms with Crippen LogP contribution in [0.1, 0.15) is 20.3 Å². The Morgan fingerprint density at radius 1 is 1.47 bits per heavy atom. The van der Waals surface area contributed by atoms with Gasteiger partial charge in [0.1, 0.15) is 0 Å². The Labute approximate surface area is 107 Å². The zero-order valence-electron chi connectivity index (χ0n) is 10.4. The van der Waals surface area contributed by atoms with E-state index in [0.717, 1.165) is 22.8 Å². The molecular formula is C13H20N2OS. The minimum Gasteiger partial charge on any atom is -0.330 e. The molecule has 0 heterocycles. The first-order valence-electron chi connectivity index (χ1n) is 5.91. The lowest BCUT2D eigenvalue weighted by Gasteiger charge is -2.13. The molecule has 0 radical (unpaired) electrons. The van der Waals surface area contributed by atoms with Gasteiger partial charge < -0.3 is 11.1 Å². The number of hydrogen-bond acceptors (Lipinski definition) is 3. The van der Waals surface area contributed by atoms with Crippen LogP contribution in [-0.2, 0) is 4.79 Å². The normalized spacial score (nSPS) is 12.2. The van der Waals surface area contributed by atoms with E-state index in [1.54, 1.807) is 11.8 Å². The van der Waals surface area contributed by atoms with Crippen molar-refractivity contribution >= 4 is 23.4 Å². The number of nitrogens with one attached hydrogen (secondary N) is 1. The van der Waals surface area contributed by atoms with Gasteiger partial charge in [0, 0.05) is 10.8 Å². The third-order valence-corrected chi connectivity index (χ3v) is 3.45. The van der Waals surface area contributed by atoms with Crippen molar-refractivity contribution in [3.05, 3.63) is 24.3 Å². The molecule has 0 saturated heterocycles. The number of carbonyl (C=O) groups is 1. The highest BCUT2D eigenvalue weighted by Crippen LogP contribution is 2.27. The Morgan fingerprint density at radius 3 is 2.82 bits per heavy atom. The molecule has 1 rings (SSSR count). The average Bonchev–Trinajstić information content (AvgIpc) is 2.32. The largest absolute Gasteiger partial charge is 0.330 e. The first kappa shape index (κ1) is 14.1. The van der Waals surface area contributed by atoms with Crippen LogP contribution in [0.2, 0.25) is 0 Å². The van der Waals surface area contributed by atoms with Crippen LogP contribution in [0.3, 0.4) is 0 Å². The summed E-state index contributed by atoms with van der Waals surface area (Å²) < 4.78 is 0. The lowest BCUT2D eigenvalue weighted by atomic mass is 10.1. The quantitative estimate of drug-likeness (QED) is 0.765. The van der Waals surface area contributed by atoms with Gasteiger partial charge in [0.15, 0.2) is 0 Å². The molecule has 0 aromatic heterocycles. The van der Waals surface area contributed by atoms with E-state index in [1.165, 1.54) is 0 Å². The van der Waals surface area contributed by atoms with E-state index in [9.17, 15) is 4.79 Å². The van der Waals surface area contributed by atoms with Crippen LogP contribution in [-0.4, -0.2) is 18.2 Å². The first-order valence-corrected chi connectivity index (χ1v) is 6.90. The van der Waals surface area contributed by atoms with Crippen molar-refractivity contribution < 1.29 is 4.79 Å². The number of carbonyl (C=O) groups excluding carboxylic acids is 1. The fourth-order valence-electron chi connectivity index (χ4n) is 1.49. The summed E-state index contributed by atoms with van der Waals surface area (Å²) >= 11 is 1.73. The predicted octanol–water partition coefficient (Wildman–Crippen LogP) is 2.72. The molecule has 4 heteroatoms. The fourth-order valence-corrected chi connectivity index (χ4v) is 2.25. The van der Waals surface area contributed by atoms with Crippen molar-refractivity contribution in [2.24, 2.45) is 11.7 Å². The molecule has 3 nitrogen and oxygen atoms in total. The second-order valence-corrected chi connectivity index (χ2v) is 5.20. The maximum atomic E-state index is 11.9. The smallest absolute Gasteiger partial charge is 0.227 e. The van der Waals surface area contributed by atoms with Crippen LogP contribution < -0.4 is 11.1 Å². The lowest BCUT2D eigenvalue weighted by molar-refractivity contribution is -0.119. The molecule has 3 N–H and O–H groups in total. The number of nitrogens with two attached hydrogens (primary N) is 1. The molecule has 0 aliphatic carbocycles. The molecule has 0 bridgehead atoms. The van der Waals surface area contributed by atoms with Gasteiger partial charge in [-0.05, 0) is 30.9 Å². The highest BCUT2D eigenvalue weighted by atomic mass is 32.2. The molecule has 0 fully saturated rings. The summed E-state index contributed by atoms with van der Waals surface area (Å²) in [6, 6.07) is 7.88. The Hall–Kier alpha value is -1.00. The van der Waals surface area contributed by atoms with Gasteiger partial charge in [-0.1, -0.05) is 26.0 Å². The van der Waals surface area contributed by atoms with Gasteiger partial charge in [-0.3, -0.25) is 4.79 Å². The van der Waals surface area contributed by atoms with Gasteiger partial charge in [0.2, 0.25) is 5.91 Å². The summed E-state index contributed by atoms with van der Waals surface area (Å²) in [6.45, 7) is 4.54. The van der Waals surface area contributed by atoms with Crippen LogP contribution in [0.25, 0.3) is 0 Å². The van der Waals surface area contributed by atoms with E-state index < -0.39 is 0 Å². The molecule has 1 atom stereocenters. The van der Waals surface area contributed by atoms with Gasteiger partial charge in [0.05, 0.1) is 5.69 Å². The van der Waals surface area contributed by atoms with Gasteiger partial charge in [-0.15, -0.1) is 11.8 Å². The van der Waals surface area contributed by atoms with Crippen LogP contribution in [0.5, 0.6) is 0 Å². The van der Waals surface area contributed by atoms with Crippen molar-refractivity contribution in [1.82, 2.24) is 0 Å². The monoisotopic (exact) mass is 252 g/mol. The third-order valence-electron chi connectivity index (χ3n) is 2.49. The van der Waals surface area contributed by atoms with Crippen molar-refractivity contribution in [3.8, 4) is 0 Å². The molecule has 1 aromatic rings. The SMILES string of the molecule is CCSc1ccccc1NC(=O)C(C)CCN. The topological polar surface area (TPSA) is 55.1 Å². The maximum Gasteiger partial charge on any atom is 0.227 e. The second-order valence-electron chi connectivity index (χ2n) is 3.90. The molecule has 94 valence electrons. The summed E-state index contributed by atoms with van der Waals surface area (Å²) in [5.74, 6) is 0.991. The zero-order valence-corrected chi connectivity index (χ0v) is 11.2. The molecule has 0 aliphatic rings. The van der Waals surface area contributed by atoms with Crippen LogP contribution in [0.4, 0.5) is 5.69 Å². The maximum absolute atomic E-state index is 11.9. The average molecular weight is 252 g/mol. The third kappa shape index (κ3) is 4.40. The standard InChI is InChI=1S/C13H20N2OS/c1-3-17-12-7-5-4-6-11(12)15-13(16)10(2)8-9-14/h4-7,10H,3,8-9,14H2,1-2H3,(H,15,16). The number of rotatable bonds is 6. The molecule has 1 amide bonds. The first-order chi connectivity index (χ1) is 8.19. The molecule has 0 saturated carbocycles. The van der Waals surface area contributed by atoms with Gasteiger partial charge in [-0.2, -0.15) is 0 Å². The van der Waals surface area contributed by atoms with E-state index in [1.807, 2.05) is 31.2 Å². The Balaban J connectivity index is 2.70. The molecule has 1 aromatic carbocycles. The summed E-state index contributed by atoms with van der Waals surface area (Å²) in [6.07, 6.45) is 0.717. The minimum atomic E-state index is -0.0420. The van der Waals surface area contributed by atoms with Crippen molar-refractivity contribution in [3.63, 3.8) is 0 Å². The van der Waals surface area contributed by atoms with Crippen molar-refractivity contribution in [2.45, 2.75) is 25.2 Å². The molecule has 0 aliphatic heterocycles. The minimum absolute atomic E-state index is 0.0413.